The van der Waals surface area contributed by atoms with Gasteiger partial charge in [-0.25, -0.2) is 21.6 Å². The van der Waals surface area contributed by atoms with E-state index in [-0.39, 0.29) is 11.5 Å². The highest BCUT2D eigenvalue weighted by Gasteiger charge is 2.25. The lowest BCUT2D eigenvalue weighted by molar-refractivity contribution is -0.138. The Balaban J connectivity index is 3.82. The van der Waals surface area contributed by atoms with E-state index in [1.807, 2.05) is 0 Å². The minimum atomic E-state index is -3.83. The van der Waals surface area contributed by atoms with Crippen molar-refractivity contribution in [2.75, 3.05) is 18.1 Å². The molecule has 1 atom stereocenters. The molecular weight excluding hydrogens is 681 g/mol. The molecule has 0 aliphatic rings. The molecule has 0 amide bonds. The van der Waals surface area contributed by atoms with Gasteiger partial charge in [-0.05, 0) is 12.8 Å². The van der Waals surface area contributed by atoms with Gasteiger partial charge >= 0.3 is 5.97 Å². The molecule has 0 heterocycles. The first-order valence-corrected chi connectivity index (χ1v) is 25.1. The van der Waals surface area contributed by atoms with Crippen LogP contribution in [-0.2, 0) is 24.8 Å². The van der Waals surface area contributed by atoms with E-state index in [4.69, 9.17) is 0 Å². The smallest absolute Gasteiger partial charge is 0.323 e. The van der Waals surface area contributed by atoms with Gasteiger partial charge in [-0.15, -0.1) is 0 Å². The summed E-state index contributed by atoms with van der Waals surface area (Å²) in [6.07, 6.45) is 41.3. The fourth-order valence-electron chi connectivity index (χ4n) is 6.77. The summed E-state index contributed by atoms with van der Waals surface area (Å²) in [6.45, 7) is 4.02. The predicted octanol–water partition coefficient (Wildman–Crippen LogP) is 11.6. The van der Waals surface area contributed by atoms with Gasteiger partial charge in [-0.3, -0.25) is 4.79 Å². The van der Waals surface area contributed by atoms with E-state index in [0.29, 0.717) is 12.8 Å². The lowest BCUT2D eigenvalue weighted by atomic mass is 10.0. The standard InChI is InChI=1S/C41H84N2O6S2/c1-3-5-7-9-11-13-15-17-19-21-23-25-27-29-31-33-35-37-50(46,47)42-39-40(41(44)45)43-51(48,49)38-36-34-32-30-28-26-24-22-20-18-16-14-12-10-8-6-4-2/h40,42-43H,3-39H2,1-2H3,(H,44,45). The summed E-state index contributed by atoms with van der Waals surface area (Å²) in [5.74, 6) is -1.62. The van der Waals surface area contributed by atoms with Crippen LogP contribution in [0.15, 0.2) is 0 Å². The number of hydrogen-bond donors (Lipinski definition) is 3. The number of carboxylic acid groups (broad SMARTS) is 1. The van der Waals surface area contributed by atoms with Crippen molar-refractivity contribution >= 4 is 26.0 Å². The van der Waals surface area contributed by atoms with Gasteiger partial charge in [0.05, 0.1) is 11.5 Å². The summed E-state index contributed by atoms with van der Waals surface area (Å²) >= 11 is 0. The third kappa shape index (κ3) is 37.4. The Morgan fingerprint density at radius 3 is 0.902 bits per heavy atom. The molecule has 51 heavy (non-hydrogen) atoms. The molecule has 0 rings (SSSR count). The molecule has 1 unspecified atom stereocenters. The van der Waals surface area contributed by atoms with Crippen molar-refractivity contribution in [2.45, 2.75) is 238 Å². The zero-order valence-electron chi connectivity index (χ0n) is 33.5. The van der Waals surface area contributed by atoms with Gasteiger partial charge in [0.25, 0.3) is 0 Å². The maximum Gasteiger partial charge on any atom is 0.323 e. The van der Waals surface area contributed by atoms with Crippen LogP contribution in [0.2, 0.25) is 0 Å². The largest absolute Gasteiger partial charge is 0.480 e. The highest BCUT2D eigenvalue weighted by atomic mass is 32.2. The van der Waals surface area contributed by atoms with Gasteiger partial charge in [0.15, 0.2) is 0 Å². The Bertz CT molecular complexity index is 975. The molecule has 0 saturated carbocycles. The third-order valence-electron chi connectivity index (χ3n) is 10.2. The summed E-state index contributed by atoms with van der Waals surface area (Å²) in [6, 6.07) is -1.52. The molecule has 8 nitrogen and oxygen atoms in total. The second kappa shape index (κ2) is 36.3. The van der Waals surface area contributed by atoms with Crippen LogP contribution >= 0.6 is 0 Å². The van der Waals surface area contributed by atoms with E-state index in [2.05, 4.69) is 23.3 Å². The fourth-order valence-corrected chi connectivity index (χ4v) is 9.24. The maximum atomic E-state index is 12.5. The van der Waals surface area contributed by atoms with Crippen molar-refractivity contribution in [1.29, 1.82) is 0 Å². The highest BCUT2D eigenvalue weighted by molar-refractivity contribution is 7.89. The van der Waals surface area contributed by atoms with Gasteiger partial charge in [0, 0.05) is 6.54 Å². The summed E-state index contributed by atoms with van der Waals surface area (Å²) < 4.78 is 54.4. The van der Waals surface area contributed by atoms with E-state index < -0.39 is 38.6 Å². The van der Waals surface area contributed by atoms with Gasteiger partial charge in [0.2, 0.25) is 20.0 Å². The Morgan fingerprint density at radius 1 is 0.412 bits per heavy atom. The molecule has 0 spiro atoms. The second-order valence-electron chi connectivity index (χ2n) is 15.3. The topological polar surface area (TPSA) is 130 Å². The van der Waals surface area contributed by atoms with Gasteiger partial charge in [-0.2, -0.15) is 4.72 Å². The molecule has 0 aliphatic carbocycles. The van der Waals surface area contributed by atoms with Crippen molar-refractivity contribution < 1.29 is 26.7 Å². The molecule has 0 aromatic heterocycles. The molecule has 0 aromatic rings. The Morgan fingerprint density at radius 2 is 0.647 bits per heavy atom. The van der Waals surface area contributed by atoms with Crippen LogP contribution in [-0.4, -0.2) is 52.0 Å². The Hall–Kier alpha value is -0.710. The average molecular weight is 765 g/mol. The van der Waals surface area contributed by atoms with Crippen LogP contribution in [0.25, 0.3) is 0 Å². The highest BCUT2D eigenvalue weighted by Crippen LogP contribution is 2.16. The first kappa shape index (κ1) is 50.3. The number of hydrogen-bond acceptors (Lipinski definition) is 5. The average Bonchev–Trinajstić information content (AvgIpc) is 3.09. The number of carbonyl (C=O) groups is 1. The molecule has 0 bridgehead atoms. The third-order valence-corrected chi connectivity index (χ3v) is 13.1. The van der Waals surface area contributed by atoms with Gasteiger partial charge in [-0.1, -0.05) is 219 Å². The number of carboxylic acids is 1. The van der Waals surface area contributed by atoms with E-state index in [1.54, 1.807) is 0 Å². The number of aliphatic carboxylic acids is 1. The minimum Gasteiger partial charge on any atom is -0.480 e. The Kier molecular flexibility index (Phi) is 35.8. The van der Waals surface area contributed by atoms with Crippen LogP contribution in [0.5, 0.6) is 0 Å². The minimum absolute atomic E-state index is 0.0794. The molecule has 0 aromatic carbocycles. The van der Waals surface area contributed by atoms with Crippen LogP contribution in [0.3, 0.4) is 0 Å². The molecule has 10 heteroatoms. The second-order valence-corrected chi connectivity index (χ2v) is 19.1. The SMILES string of the molecule is CCCCCCCCCCCCCCCCCCCS(=O)(=O)NCC(NS(=O)(=O)CCCCCCCCCCCCCCCCCCC)C(=O)O. The number of sulfonamides is 2. The van der Waals surface area contributed by atoms with E-state index in [9.17, 15) is 26.7 Å². The van der Waals surface area contributed by atoms with E-state index in [1.165, 1.54) is 167 Å². The Labute approximate surface area is 317 Å². The normalized spacial score (nSPS) is 12.8. The summed E-state index contributed by atoms with van der Waals surface area (Å²) in [5.41, 5.74) is 0. The first-order valence-electron chi connectivity index (χ1n) is 21.8. The molecule has 0 radical (unpaired) electrons. The van der Waals surface area contributed by atoms with Crippen molar-refractivity contribution in [1.82, 2.24) is 9.44 Å². The molecular formula is C41H84N2O6S2. The fraction of sp³-hybridized carbons (Fsp3) is 0.976. The molecule has 0 saturated heterocycles. The van der Waals surface area contributed by atoms with E-state index >= 15 is 0 Å². The predicted molar refractivity (Wildman–Crippen MR) is 218 cm³/mol. The van der Waals surface area contributed by atoms with Crippen LogP contribution in [0, 0.1) is 0 Å². The lowest BCUT2D eigenvalue weighted by Gasteiger charge is -2.16. The maximum absolute atomic E-state index is 12.5. The van der Waals surface area contributed by atoms with Crippen molar-refractivity contribution in [3.63, 3.8) is 0 Å². The molecule has 3 N–H and O–H groups in total. The molecule has 0 fully saturated rings. The monoisotopic (exact) mass is 765 g/mol. The quantitative estimate of drug-likeness (QED) is 0.0531. The number of nitrogens with one attached hydrogen (secondary N) is 2. The summed E-state index contributed by atoms with van der Waals surface area (Å²) in [7, 11) is -7.51. The van der Waals surface area contributed by atoms with Crippen molar-refractivity contribution in [3.8, 4) is 0 Å². The van der Waals surface area contributed by atoms with Gasteiger partial charge in [0.1, 0.15) is 6.04 Å². The summed E-state index contributed by atoms with van der Waals surface area (Å²) in [5, 5.41) is 9.52. The number of unbranched alkanes of at least 4 members (excludes halogenated alkanes) is 32. The van der Waals surface area contributed by atoms with E-state index in [0.717, 1.165) is 38.5 Å². The zero-order valence-corrected chi connectivity index (χ0v) is 35.2. The first-order chi connectivity index (χ1) is 24.6. The zero-order chi connectivity index (χ0) is 37.7. The summed E-state index contributed by atoms with van der Waals surface area (Å²) in [4.78, 5) is 11.7. The van der Waals surface area contributed by atoms with Gasteiger partial charge < -0.3 is 5.11 Å². The number of rotatable bonds is 42. The van der Waals surface area contributed by atoms with Crippen LogP contribution in [0.1, 0.15) is 232 Å². The molecule has 0 aliphatic heterocycles. The lowest BCUT2D eigenvalue weighted by Crippen LogP contribution is -2.49. The van der Waals surface area contributed by atoms with Crippen LogP contribution in [0.4, 0.5) is 0 Å². The van der Waals surface area contributed by atoms with Crippen LogP contribution < -0.4 is 9.44 Å². The van der Waals surface area contributed by atoms with Crippen molar-refractivity contribution in [3.05, 3.63) is 0 Å². The molecule has 306 valence electrons. The van der Waals surface area contributed by atoms with Crippen molar-refractivity contribution in [2.24, 2.45) is 0 Å².